The van der Waals surface area contributed by atoms with Crippen LogP contribution >= 0.6 is 24.0 Å². The molecule has 1 aromatic carbocycles. The molecule has 2 N–H and O–H groups in total. The predicted octanol–water partition coefficient (Wildman–Crippen LogP) is 3.07. The van der Waals surface area contributed by atoms with Gasteiger partial charge in [-0.25, -0.2) is 0 Å². The molecule has 160 valence electrons. The second-order valence-corrected chi connectivity index (χ2v) is 6.71. The van der Waals surface area contributed by atoms with E-state index in [2.05, 4.69) is 39.1 Å². The van der Waals surface area contributed by atoms with E-state index in [1.807, 2.05) is 0 Å². The maximum atomic E-state index is 12.5. The lowest BCUT2D eigenvalue weighted by Crippen LogP contribution is -2.46. The molecule has 6 nitrogen and oxygen atoms in total. The van der Waals surface area contributed by atoms with Crippen molar-refractivity contribution in [2.75, 3.05) is 33.2 Å². The minimum absolute atomic E-state index is 0. The van der Waals surface area contributed by atoms with E-state index in [9.17, 15) is 8.78 Å². The summed E-state index contributed by atoms with van der Waals surface area (Å²) >= 11 is 0. The molecule has 1 aliphatic heterocycles. The second kappa shape index (κ2) is 13.1. The zero-order valence-corrected chi connectivity index (χ0v) is 19.0. The monoisotopic (exact) mass is 512 g/mol. The Morgan fingerprint density at radius 1 is 1.25 bits per heavy atom. The van der Waals surface area contributed by atoms with E-state index in [4.69, 9.17) is 4.74 Å². The minimum Gasteiger partial charge on any atom is -0.434 e. The third-order valence-electron chi connectivity index (χ3n) is 4.30. The fraction of sp³-hybridized carbons (Fsp3) is 0.632. The van der Waals surface area contributed by atoms with E-state index >= 15 is 0 Å². The largest absolute Gasteiger partial charge is 0.434 e. The van der Waals surface area contributed by atoms with Crippen LogP contribution in [0.3, 0.4) is 0 Å². The molecule has 28 heavy (non-hydrogen) atoms. The number of alkyl halides is 2. The van der Waals surface area contributed by atoms with Crippen LogP contribution in [0.25, 0.3) is 0 Å². The van der Waals surface area contributed by atoms with Gasteiger partial charge in [0.2, 0.25) is 0 Å². The van der Waals surface area contributed by atoms with Crippen LogP contribution < -0.4 is 15.4 Å². The number of ether oxygens (including phenoxy) is 2. The van der Waals surface area contributed by atoms with E-state index < -0.39 is 6.61 Å². The summed E-state index contributed by atoms with van der Waals surface area (Å²) in [6, 6.07) is 6.74. The number of aliphatic imine (C=N–C) groups is 1. The smallest absolute Gasteiger partial charge is 0.387 e. The standard InChI is InChI=1S/C19H30F2N4O2.HI/c1-14-12-25(13-15(2)26-14)10-6-9-23-19(22-3)24-11-16-7-4-5-8-17(16)27-18(20)21;/h4-5,7-8,14-15,18H,6,9-13H2,1-3H3,(H2,22,23,24);1H. The van der Waals surface area contributed by atoms with Gasteiger partial charge < -0.3 is 20.1 Å². The first-order valence-electron chi connectivity index (χ1n) is 9.33. The highest BCUT2D eigenvalue weighted by molar-refractivity contribution is 14.0. The maximum Gasteiger partial charge on any atom is 0.387 e. The van der Waals surface area contributed by atoms with Gasteiger partial charge in [0.25, 0.3) is 0 Å². The van der Waals surface area contributed by atoms with Gasteiger partial charge in [-0.3, -0.25) is 9.89 Å². The third kappa shape index (κ3) is 8.87. The SMILES string of the molecule is CN=C(NCCCN1CC(C)OC(C)C1)NCc1ccccc1OC(F)F.I. The maximum absolute atomic E-state index is 12.5. The zero-order chi connectivity index (χ0) is 19.6. The number of hydrogen-bond acceptors (Lipinski definition) is 4. The van der Waals surface area contributed by atoms with Crippen molar-refractivity contribution in [3.05, 3.63) is 29.8 Å². The van der Waals surface area contributed by atoms with Gasteiger partial charge in [-0.05, 0) is 26.3 Å². The first-order valence-corrected chi connectivity index (χ1v) is 9.33. The normalized spacial score (nSPS) is 20.6. The van der Waals surface area contributed by atoms with Crippen LogP contribution in [0, 0.1) is 0 Å². The van der Waals surface area contributed by atoms with E-state index in [1.54, 1.807) is 25.2 Å². The molecule has 2 atom stereocenters. The predicted molar refractivity (Wildman–Crippen MR) is 118 cm³/mol. The Hall–Kier alpha value is -1.20. The van der Waals surface area contributed by atoms with Gasteiger partial charge in [0.1, 0.15) is 5.75 Å². The van der Waals surface area contributed by atoms with Crippen molar-refractivity contribution >= 4 is 29.9 Å². The molecule has 2 unspecified atom stereocenters. The molecule has 9 heteroatoms. The van der Waals surface area contributed by atoms with Gasteiger partial charge in [0.15, 0.2) is 5.96 Å². The summed E-state index contributed by atoms with van der Waals surface area (Å²) in [7, 11) is 1.68. The van der Waals surface area contributed by atoms with Gasteiger partial charge >= 0.3 is 6.61 Å². The van der Waals surface area contributed by atoms with Crippen molar-refractivity contribution in [2.24, 2.45) is 4.99 Å². The second-order valence-electron chi connectivity index (χ2n) is 6.71. The lowest BCUT2D eigenvalue weighted by Gasteiger charge is -2.35. The highest BCUT2D eigenvalue weighted by atomic mass is 127. The molecule has 1 aromatic rings. The molecular weight excluding hydrogens is 481 g/mol. The lowest BCUT2D eigenvalue weighted by molar-refractivity contribution is -0.0679. The molecular formula is C19H31F2IN4O2. The fourth-order valence-electron chi connectivity index (χ4n) is 3.24. The summed E-state index contributed by atoms with van der Waals surface area (Å²) in [5.41, 5.74) is 0.650. The topological polar surface area (TPSA) is 58.1 Å². The van der Waals surface area contributed by atoms with Gasteiger partial charge in [-0.2, -0.15) is 8.78 Å². The third-order valence-corrected chi connectivity index (χ3v) is 4.30. The Kier molecular flexibility index (Phi) is 11.6. The first-order chi connectivity index (χ1) is 13.0. The molecule has 2 rings (SSSR count). The highest BCUT2D eigenvalue weighted by Crippen LogP contribution is 2.19. The molecule has 0 radical (unpaired) electrons. The number of rotatable bonds is 8. The number of hydrogen-bond donors (Lipinski definition) is 2. The summed E-state index contributed by atoms with van der Waals surface area (Å²) in [5, 5.41) is 6.39. The van der Waals surface area contributed by atoms with Crippen LogP contribution in [-0.4, -0.2) is 62.9 Å². The van der Waals surface area contributed by atoms with Crippen LogP contribution in [-0.2, 0) is 11.3 Å². The van der Waals surface area contributed by atoms with Crippen molar-refractivity contribution in [2.45, 2.75) is 45.6 Å². The fourth-order valence-corrected chi connectivity index (χ4v) is 3.24. The number of guanidine groups is 1. The van der Waals surface area contributed by atoms with Gasteiger partial charge in [-0.1, -0.05) is 18.2 Å². The van der Waals surface area contributed by atoms with Crippen molar-refractivity contribution in [3.63, 3.8) is 0 Å². The molecule has 0 spiro atoms. The summed E-state index contributed by atoms with van der Waals surface area (Å²) in [6.07, 6.45) is 1.52. The minimum atomic E-state index is -2.84. The number of nitrogens with one attached hydrogen (secondary N) is 2. The number of morpholine rings is 1. The quantitative estimate of drug-likeness (QED) is 0.243. The van der Waals surface area contributed by atoms with Gasteiger partial charge in [-0.15, -0.1) is 24.0 Å². The van der Waals surface area contributed by atoms with E-state index in [1.165, 1.54) is 6.07 Å². The van der Waals surface area contributed by atoms with Gasteiger partial charge in [0, 0.05) is 45.3 Å². The summed E-state index contributed by atoms with van der Waals surface area (Å²) < 4.78 is 35.3. The lowest BCUT2D eigenvalue weighted by atomic mass is 10.2. The molecule has 1 saturated heterocycles. The first kappa shape index (κ1) is 24.8. The average molecular weight is 512 g/mol. The number of para-hydroxylation sites is 1. The Morgan fingerprint density at radius 2 is 1.93 bits per heavy atom. The highest BCUT2D eigenvalue weighted by Gasteiger charge is 2.21. The Morgan fingerprint density at radius 3 is 2.57 bits per heavy atom. The Balaban J connectivity index is 0.00000392. The molecule has 1 heterocycles. The molecule has 1 fully saturated rings. The summed E-state index contributed by atoms with van der Waals surface area (Å²) in [5.74, 6) is 0.802. The van der Waals surface area contributed by atoms with E-state index in [0.717, 1.165) is 32.6 Å². The van der Waals surface area contributed by atoms with Crippen molar-refractivity contribution in [3.8, 4) is 5.75 Å². The number of halogens is 3. The summed E-state index contributed by atoms with van der Waals surface area (Å²) in [4.78, 5) is 6.59. The molecule has 1 aliphatic rings. The molecule has 0 bridgehead atoms. The Labute approximate surface area is 183 Å². The number of benzene rings is 1. The molecule has 0 aromatic heterocycles. The number of nitrogens with zero attached hydrogens (tertiary/aromatic N) is 2. The van der Waals surface area contributed by atoms with E-state index in [0.29, 0.717) is 18.1 Å². The van der Waals surface area contributed by atoms with Gasteiger partial charge in [0.05, 0.1) is 12.2 Å². The van der Waals surface area contributed by atoms with Crippen LogP contribution in [0.1, 0.15) is 25.8 Å². The Bertz CT molecular complexity index is 597. The zero-order valence-electron chi connectivity index (χ0n) is 16.7. The van der Waals surface area contributed by atoms with Crippen molar-refractivity contribution in [1.29, 1.82) is 0 Å². The van der Waals surface area contributed by atoms with Crippen molar-refractivity contribution < 1.29 is 18.3 Å². The molecule has 0 amide bonds. The summed E-state index contributed by atoms with van der Waals surface area (Å²) in [6.45, 7) is 5.39. The van der Waals surface area contributed by atoms with E-state index in [-0.39, 0.29) is 41.9 Å². The molecule has 0 saturated carbocycles. The van der Waals surface area contributed by atoms with Crippen LogP contribution in [0.15, 0.2) is 29.3 Å². The van der Waals surface area contributed by atoms with Crippen LogP contribution in [0.5, 0.6) is 5.75 Å². The molecule has 0 aliphatic carbocycles. The van der Waals surface area contributed by atoms with Crippen molar-refractivity contribution in [1.82, 2.24) is 15.5 Å². The van der Waals surface area contributed by atoms with Crippen LogP contribution in [0.2, 0.25) is 0 Å². The van der Waals surface area contributed by atoms with Crippen LogP contribution in [0.4, 0.5) is 8.78 Å². The average Bonchev–Trinajstić information content (AvgIpc) is 2.61.